The monoisotopic (exact) mass is 864 g/mol. The molecule has 1 saturated carbocycles. The Bertz CT molecular complexity index is 2570. The number of aliphatic hydroxyl groups is 1. The fourth-order valence-electron chi connectivity index (χ4n) is 9.33. The number of nitrogens with zero attached hydrogens (tertiary/aromatic N) is 6. The number of alkyl halides is 4. The quantitative estimate of drug-likeness (QED) is 0.109. The minimum Gasteiger partial charge on any atom is -0.386 e. The maximum absolute atomic E-state index is 16.2. The number of carbonyl (C=O) groups is 3. The normalized spacial score (nSPS) is 22.9. The first-order valence-electron chi connectivity index (χ1n) is 20.5. The number of fused-ring (bicyclic) bond motifs is 2. The summed E-state index contributed by atoms with van der Waals surface area (Å²) in [7, 11) is 3.63. The van der Waals surface area contributed by atoms with Crippen LogP contribution in [0.2, 0.25) is 0 Å². The van der Waals surface area contributed by atoms with Gasteiger partial charge in [-0.05, 0) is 95.7 Å². The zero-order valence-corrected chi connectivity index (χ0v) is 35.1. The molecular weight excluding hydrogens is 817 g/mol. The molecule has 13 nitrogen and oxygen atoms in total. The van der Waals surface area contributed by atoms with Crippen LogP contribution in [0.1, 0.15) is 97.2 Å². The van der Waals surface area contributed by atoms with Crippen LogP contribution < -0.4 is 21.2 Å². The second kappa shape index (κ2) is 16.2. The highest BCUT2D eigenvalue weighted by molar-refractivity contribution is 7.18. The number of aryl methyl sites for hydroxylation is 1. The van der Waals surface area contributed by atoms with E-state index >= 15 is 4.39 Å². The number of anilines is 2. The van der Waals surface area contributed by atoms with Gasteiger partial charge in [0.1, 0.15) is 12.2 Å². The van der Waals surface area contributed by atoms with Gasteiger partial charge in [-0.3, -0.25) is 33.8 Å². The summed E-state index contributed by atoms with van der Waals surface area (Å²) in [6, 6.07) is 8.55. The maximum atomic E-state index is 16.2. The number of carbonyl (C=O) groups excluding carboxylic acids is 3. The minimum absolute atomic E-state index is 0.142. The third kappa shape index (κ3) is 8.41. The fraction of sp³-hybridized carbons (Fsp3) is 0.488. The van der Waals surface area contributed by atoms with Crippen LogP contribution in [0.4, 0.5) is 28.9 Å². The fourth-order valence-corrected chi connectivity index (χ4v) is 10.5. The number of halogens is 4. The van der Waals surface area contributed by atoms with E-state index in [0.717, 1.165) is 59.9 Å². The number of imide groups is 1. The second-order valence-corrected chi connectivity index (χ2v) is 18.3. The van der Waals surface area contributed by atoms with Crippen LogP contribution in [0.15, 0.2) is 53.6 Å². The molecule has 0 radical (unpaired) electrons. The van der Waals surface area contributed by atoms with Crippen molar-refractivity contribution in [3.63, 3.8) is 0 Å². The van der Waals surface area contributed by atoms with Gasteiger partial charge in [0.05, 0.1) is 55.2 Å². The van der Waals surface area contributed by atoms with E-state index in [1.54, 1.807) is 39.1 Å². The number of aromatic nitrogens is 4. The molecule has 3 aliphatic rings. The Hall–Kier alpha value is -5.20. The summed E-state index contributed by atoms with van der Waals surface area (Å²) in [6.07, 6.45) is 0.517. The lowest BCUT2D eigenvalue weighted by molar-refractivity contribution is -0.138. The number of thiazole rings is 1. The van der Waals surface area contributed by atoms with Crippen LogP contribution in [0, 0.1) is 5.92 Å². The lowest BCUT2D eigenvalue weighted by Crippen LogP contribution is -2.52. The van der Waals surface area contributed by atoms with Crippen molar-refractivity contribution in [2.24, 2.45) is 13.0 Å². The molecule has 8 rings (SSSR count). The molecule has 2 aliphatic heterocycles. The van der Waals surface area contributed by atoms with Gasteiger partial charge in [0.2, 0.25) is 11.8 Å². The van der Waals surface area contributed by atoms with Gasteiger partial charge < -0.3 is 20.2 Å². The van der Waals surface area contributed by atoms with Gasteiger partial charge in [-0.2, -0.15) is 13.2 Å². The molecule has 5 heterocycles. The van der Waals surface area contributed by atoms with Crippen LogP contribution in [0.3, 0.4) is 0 Å². The Kier molecular flexibility index (Phi) is 11.3. The van der Waals surface area contributed by atoms with Gasteiger partial charge in [-0.25, -0.2) is 14.2 Å². The number of hydrogen-bond donors (Lipinski definition) is 3. The minimum atomic E-state index is -4.66. The Morgan fingerprint density at radius 2 is 1.80 bits per heavy atom. The largest absolute Gasteiger partial charge is 0.417 e. The molecule has 0 spiro atoms. The molecule has 0 bridgehead atoms. The summed E-state index contributed by atoms with van der Waals surface area (Å²) >= 11 is 1.49. The number of para-hydroxylation sites is 1. The molecule has 3 aromatic heterocycles. The number of hydrogen-bond acceptors (Lipinski definition) is 10. The average Bonchev–Trinajstić information content (AvgIpc) is 3.74. The van der Waals surface area contributed by atoms with Crippen LogP contribution in [0.5, 0.6) is 0 Å². The molecule has 1 aliphatic carbocycles. The molecule has 18 heteroatoms. The molecule has 61 heavy (non-hydrogen) atoms. The van der Waals surface area contributed by atoms with E-state index in [1.165, 1.54) is 20.5 Å². The van der Waals surface area contributed by atoms with E-state index in [4.69, 9.17) is 4.98 Å². The SMILES string of the molecule is CN(CC1CCC(c2nc3cc(C(C)(C)O)c(NC(=O)c4cncc(C(F)(F)F)c4)cc3s2)CC1)[C@H]1CCN(c2cccc3c2n(C)c(=O)n3C2CCC(=O)NC2=O)C[C@H]1F. The first kappa shape index (κ1) is 42.5. The van der Waals surface area contributed by atoms with E-state index in [0.29, 0.717) is 47.2 Å². The van der Waals surface area contributed by atoms with Crippen LogP contribution in [-0.2, 0) is 28.4 Å². The highest BCUT2D eigenvalue weighted by Crippen LogP contribution is 2.42. The van der Waals surface area contributed by atoms with Gasteiger partial charge in [0.15, 0.2) is 0 Å². The highest BCUT2D eigenvalue weighted by atomic mass is 32.1. The Labute approximate surface area is 352 Å². The molecule has 2 saturated heterocycles. The number of rotatable bonds is 9. The molecule has 5 aromatic rings. The lowest BCUT2D eigenvalue weighted by atomic mass is 9.81. The third-order valence-corrected chi connectivity index (χ3v) is 13.7. The number of pyridine rings is 1. The molecule has 1 unspecified atom stereocenters. The number of piperidine rings is 2. The first-order chi connectivity index (χ1) is 28.9. The van der Waals surface area contributed by atoms with Crippen molar-refractivity contribution in [2.45, 2.75) is 94.7 Å². The number of benzene rings is 2. The van der Waals surface area contributed by atoms with Crippen molar-refractivity contribution >= 4 is 61.7 Å². The predicted molar refractivity (Wildman–Crippen MR) is 223 cm³/mol. The summed E-state index contributed by atoms with van der Waals surface area (Å²) in [5.74, 6) is -1.09. The topological polar surface area (TPSA) is 155 Å². The second-order valence-electron chi connectivity index (χ2n) is 17.2. The van der Waals surface area contributed by atoms with Crippen LogP contribution in [0.25, 0.3) is 21.3 Å². The van der Waals surface area contributed by atoms with E-state index in [9.17, 15) is 37.5 Å². The zero-order chi connectivity index (χ0) is 43.5. The molecule has 3 fully saturated rings. The molecular formula is C43H48F4N8O5S. The number of nitrogens with one attached hydrogen (secondary N) is 2. The zero-order valence-electron chi connectivity index (χ0n) is 34.3. The van der Waals surface area contributed by atoms with Gasteiger partial charge in [0.25, 0.3) is 5.91 Å². The Morgan fingerprint density at radius 1 is 1.05 bits per heavy atom. The average molecular weight is 865 g/mol. The summed E-state index contributed by atoms with van der Waals surface area (Å²) < 4.78 is 59.8. The standard InChI is InChI=1S/C43H48F4N8O5S/c1-42(2,60)27-17-30-35(18-29(27)49-38(57)25-16-26(20-48-19-25)43(45,46)47)61-40(50-30)24-10-8-23(9-11-24)21-52(3)31-14-15-54(22-28(31)44)32-6-5-7-33-37(32)53(4)41(59)55(33)34-12-13-36(56)51-39(34)58/h5-7,16-20,23-24,28,31,34,60H,8-15,21-22H2,1-4H3,(H,49,57)(H,51,56,58)/t23?,24?,28-,31+,34?/m1/s1. The predicted octanol–water partition coefficient (Wildman–Crippen LogP) is 6.64. The van der Waals surface area contributed by atoms with E-state index in [2.05, 4.69) is 20.5 Å². The first-order valence-corrected chi connectivity index (χ1v) is 21.3. The van der Waals surface area contributed by atoms with Crippen LogP contribution in [-0.4, -0.2) is 85.7 Å². The van der Waals surface area contributed by atoms with Gasteiger partial charge in [-0.15, -0.1) is 11.3 Å². The summed E-state index contributed by atoms with van der Waals surface area (Å²) in [4.78, 5) is 63.7. The molecule has 324 valence electrons. The Morgan fingerprint density at radius 3 is 2.49 bits per heavy atom. The Balaban J connectivity index is 0.900. The van der Waals surface area contributed by atoms with Crippen molar-refractivity contribution in [3.8, 4) is 0 Å². The summed E-state index contributed by atoms with van der Waals surface area (Å²) in [6.45, 7) is 4.60. The molecule has 3 N–H and O–H groups in total. The van der Waals surface area contributed by atoms with E-state index in [1.807, 2.05) is 24.1 Å². The van der Waals surface area contributed by atoms with Crippen molar-refractivity contribution in [3.05, 3.63) is 81.0 Å². The van der Waals surface area contributed by atoms with Gasteiger partial charge in [0, 0.05) is 62.2 Å². The van der Waals surface area contributed by atoms with E-state index in [-0.39, 0.29) is 54.2 Å². The van der Waals surface area contributed by atoms with Crippen molar-refractivity contribution < 1.29 is 37.1 Å². The number of amides is 3. The molecule has 3 amide bonds. The van der Waals surface area contributed by atoms with Crippen LogP contribution >= 0.6 is 11.3 Å². The van der Waals surface area contributed by atoms with Crippen molar-refractivity contribution in [2.75, 3.05) is 36.9 Å². The summed E-state index contributed by atoms with van der Waals surface area (Å²) in [5.41, 5.74) is 0.154. The molecule has 3 atom stereocenters. The number of imidazole rings is 1. The van der Waals surface area contributed by atoms with E-state index < -0.39 is 41.4 Å². The highest BCUT2D eigenvalue weighted by Gasteiger charge is 2.37. The van der Waals surface area contributed by atoms with Crippen molar-refractivity contribution in [1.29, 1.82) is 0 Å². The van der Waals surface area contributed by atoms with Gasteiger partial charge in [-0.1, -0.05) is 6.07 Å². The van der Waals surface area contributed by atoms with Gasteiger partial charge >= 0.3 is 11.9 Å². The smallest absolute Gasteiger partial charge is 0.386 e. The third-order valence-electron chi connectivity index (χ3n) is 12.5. The molecule has 2 aromatic carbocycles. The summed E-state index contributed by atoms with van der Waals surface area (Å²) in [5, 5.41) is 17.0. The lowest BCUT2D eigenvalue weighted by Gasteiger charge is -2.42. The maximum Gasteiger partial charge on any atom is 0.417 e. The van der Waals surface area contributed by atoms with Crippen molar-refractivity contribution in [1.82, 2.24) is 29.3 Å².